The van der Waals surface area contributed by atoms with Gasteiger partial charge in [0, 0.05) is 7.05 Å². The average Bonchev–Trinajstić information content (AvgIpc) is 2.91. The van der Waals surface area contributed by atoms with Crippen LogP contribution in [0.2, 0.25) is 0 Å². The van der Waals surface area contributed by atoms with Crippen molar-refractivity contribution in [3.8, 4) is 0 Å². The SMILES string of the molecule is CN(Cc1ccco1)C(=O)C(N)Cc1ccccc1.Cl. The van der Waals surface area contributed by atoms with Crippen LogP contribution in [0.1, 0.15) is 11.3 Å². The summed E-state index contributed by atoms with van der Waals surface area (Å²) in [6.45, 7) is 0.439. The van der Waals surface area contributed by atoms with E-state index in [1.54, 1.807) is 24.3 Å². The molecule has 0 saturated heterocycles. The zero-order chi connectivity index (χ0) is 13.7. The van der Waals surface area contributed by atoms with Gasteiger partial charge in [-0.15, -0.1) is 12.4 Å². The van der Waals surface area contributed by atoms with Crippen LogP contribution in [0.15, 0.2) is 53.1 Å². The number of hydrogen-bond donors (Lipinski definition) is 1. The molecule has 1 heterocycles. The molecule has 2 aromatic rings. The van der Waals surface area contributed by atoms with Gasteiger partial charge in [-0.3, -0.25) is 4.79 Å². The van der Waals surface area contributed by atoms with Crippen molar-refractivity contribution in [2.75, 3.05) is 7.05 Å². The average molecular weight is 295 g/mol. The van der Waals surface area contributed by atoms with E-state index >= 15 is 0 Å². The minimum absolute atomic E-state index is 0. The lowest BCUT2D eigenvalue weighted by molar-refractivity contribution is -0.132. The molecule has 0 aliphatic rings. The summed E-state index contributed by atoms with van der Waals surface area (Å²) in [5.41, 5.74) is 7.02. The van der Waals surface area contributed by atoms with E-state index in [9.17, 15) is 4.79 Å². The van der Waals surface area contributed by atoms with Gasteiger partial charge in [-0.1, -0.05) is 30.3 Å². The van der Waals surface area contributed by atoms with E-state index in [1.165, 1.54) is 0 Å². The maximum Gasteiger partial charge on any atom is 0.239 e. The highest BCUT2D eigenvalue weighted by Gasteiger charge is 2.19. The molecule has 0 radical (unpaired) electrons. The third kappa shape index (κ3) is 4.40. The Morgan fingerprint density at radius 1 is 1.25 bits per heavy atom. The van der Waals surface area contributed by atoms with E-state index < -0.39 is 6.04 Å². The summed E-state index contributed by atoms with van der Waals surface area (Å²) in [4.78, 5) is 13.7. The molecule has 1 aromatic carbocycles. The number of nitrogens with zero attached hydrogens (tertiary/aromatic N) is 1. The maximum atomic E-state index is 12.1. The van der Waals surface area contributed by atoms with Crippen molar-refractivity contribution >= 4 is 18.3 Å². The number of rotatable bonds is 5. The molecule has 0 aliphatic heterocycles. The van der Waals surface area contributed by atoms with E-state index in [0.29, 0.717) is 13.0 Å². The van der Waals surface area contributed by atoms with Crippen LogP contribution in [0.3, 0.4) is 0 Å². The number of nitrogens with two attached hydrogens (primary N) is 1. The summed E-state index contributed by atoms with van der Waals surface area (Å²) in [6.07, 6.45) is 2.14. The molecule has 0 aliphatic carbocycles. The molecule has 2 rings (SSSR count). The molecule has 0 bridgehead atoms. The Balaban J connectivity index is 0.00000200. The van der Waals surface area contributed by atoms with Crippen LogP contribution in [0.25, 0.3) is 0 Å². The Bertz CT molecular complexity index is 514. The molecule has 2 N–H and O–H groups in total. The van der Waals surface area contributed by atoms with Crippen LogP contribution in [0.5, 0.6) is 0 Å². The Labute approximate surface area is 125 Å². The number of furan rings is 1. The number of benzene rings is 1. The van der Waals surface area contributed by atoms with Gasteiger partial charge in [0.2, 0.25) is 5.91 Å². The molecule has 0 spiro atoms. The largest absolute Gasteiger partial charge is 0.467 e. The lowest BCUT2D eigenvalue weighted by atomic mass is 10.1. The van der Waals surface area contributed by atoms with Gasteiger partial charge in [0.1, 0.15) is 5.76 Å². The predicted molar refractivity (Wildman–Crippen MR) is 80.6 cm³/mol. The first kappa shape index (κ1) is 16.3. The van der Waals surface area contributed by atoms with Gasteiger partial charge < -0.3 is 15.1 Å². The molecule has 1 amide bonds. The number of halogens is 1. The molecule has 20 heavy (non-hydrogen) atoms. The van der Waals surface area contributed by atoms with Crippen LogP contribution in [0.4, 0.5) is 0 Å². The minimum Gasteiger partial charge on any atom is -0.467 e. The highest BCUT2D eigenvalue weighted by Crippen LogP contribution is 2.07. The van der Waals surface area contributed by atoms with E-state index in [-0.39, 0.29) is 18.3 Å². The van der Waals surface area contributed by atoms with E-state index in [2.05, 4.69) is 0 Å². The molecule has 1 unspecified atom stereocenters. The normalized spacial score (nSPS) is 11.5. The van der Waals surface area contributed by atoms with Gasteiger partial charge in [0.05, 0.1) is 18.8 Å². The first-order chi connectivity index (χ1) is 9.16. The van der Waals surface area contributed by atoms with Crippen LogP contribution < -0.4 is 5.73 Å². The molecule has 108 valence electrons. The Hall–Kier alpha value is -1.78. The van der Waals surface area contributed by atoms with Gasteiger partial charge in [-0.25, -0.2) is 0 Å². The number of carbonyl (C=O) groups is 1. The zero-order valence-corrected chi connectivity index (χ0v) is 12.2. The van der Waals surface area contributed by atoms with E-state index in [1.807, 2.05) is 36.4 Å². The molecule has 4 nitrogen and oxygen atoms in total. The first-order valence-corrected chi connectivity index (χ1v) is 6.23. The van der Waals surface area contributed by atoms with Crippen molar-refractivity contribution in [3.63, 3.8) is 0 Å². The maximum absolute atomic E-state index is 12.1. The van der Waals surface area contributed by atoms with Crippen molar-refractivity contribution in [3.05, 3.63) is 60.1 Å². The second-order valence-corrected chi connectivity index (χ2v) is 4.57. The minimum atomic E-state index is -0.526. The fraction of sp³-hybridized carbons (Fsp3) is 0.267. The van der Waals surface area contributed by atoms with Gasteiger partial charge in [-0.05, 0) is 24.1 Å². The standard InChI is InChI=1S/C15H18N2O2.ClH/c1-17(11-13-8-5-9-19-13)15(18)14(16)10-12-6-3-2-4-7-12;/h2-9,14H,10-11,16H2,1H3;1H. The molecular weight excluding hydrogens is 276 g/mol. The van der Waals surface area contributed by atoms with Crippen LogP contribution in [0, 0.1) is 0 Å². The fourth-order valence-electron chi connectivity index (χ4n) is 1.95. The second-order valence-electron chi connectivity index (χ2n) is 4.57. The number of carbonyl (C=O) groups excluding carboxylic acids is 1. The summed E-state index contributed by atoms with van der Waals surface area (Å²) in [5.74, 6) is 0.669. The number of amides is 1. The van der Waals surface area contributed by atoms with Crippen LogP contribution in [-0.4, -0.2) is 23.9 Å². The summed E-state index contributed by atoms with van der Waals surface area (Å²) in [5, 5.41) is 0. The Morgan fingerprint density at radius 2 is 1.95 bits per heavy atom. The number of hydrogen-bond acceptors (Lipinski definition) is 3. The van der Waals surface area contributed by atoms with Crippen LogP contribution >= 0.6 is 12.4 Å². The lowest BCUT2D eigenvalue weighted by Crippen LogP contribution is -2.42. The summed E-state index contributed by atoms with van der Waals surface area (Å²) in [7, 11) is 1.73. The van der Waals surface area contributed by atoms with Crippen LogP contribution in [-0.2, 0) is 17.8 Å². The third-order valence-corrected chi connectivity index (χ3v) is 2.96. The quantitative estimate of drug-likeness (QED) is 0.920. The number of likely N-dealkylation sites (N-methyl/N-ethyl adjacent to an activating group) is 1. The van der Waals surface area contributed by atoms with Gasteiger partial charge in [0.25, 0.3) is 0 Å². The molecule has 0 fully saturated rings. The van der Waals surface area contributed by atoms with Gasteiger partial charge in [0.15, 0.2) is 0 Å². The van der Waals surface area contributed by atoms with E-state index in [4.69, 9.17) is 10.2 Å². The topological polar surface area (TPSA) is 59.5 Å². The Morgan fingerprint density at radius 3 is 2.55 bits per heavy atom. The zero-order valence-electron chi connectivity index (χ0n) is 11.4. The highest BCUT2D eigenvalue weighted by molar-refractivity contribution is 5.85. The summed E-state index contributed by atoms with van der Waals surface area (Å²) in [6, 6.07) is 12.9. The fourth-order valence-corrected chi connectivity index (χ4v) is 1.95. The van der Waals surface area contributed by atoms with Gasteiger partial charge in [-0.2, -0.15) is 0 Å². The van der Waals surface area contributed by atoms with Crippen molar-refractivity contribution in [2.45, 2.75) is 19.0 Å². The molecular formula is C15H19ClN2O2. The smallest absolute Gasteiger partial charge is 0.239 e. The van der Waals surface area contributed by atoms with E-state index in [0.717, 1.165) is 11.3 Å². The third-order valence-electron chi connectivity index (χ3n) is 2.96. The molecule has 1 aromatic heterocycles. The summed E-state index contributed by atoms with van der Waals surface area (Å²) < 4.78 is 5.22. The lowest BCUT2D eigenvalue weighted by Gasteiger charge is -2.20. The summed E-state index contributed by atoms with van der Waals surface area (Å²) >= 11 is 0. The van der Waals surface area contributed by atoms with Crippen molar-refractivity contribution in [2.24, 2.45) is 5.73 Å². The molecule has 0 saturated carbocycles. The van der Waals surface area contributed by atoms with Crippen molar-refractivity contribution in [1.29, 1.82) is 0 Å². The first-order valence-electron chi connectivity index (χ1n) is 6.23. The van der Waals surface area contributed by atoms with Crippen molar-refractivity contribution in [1.82, 2.24) is 4.90 Å². The second kappa shape index (κ2) is 7.72. The highest BCUT2D eigenvalue weighted by atomic mass is 35.5. The Kier molecular flexibility index (Phi) is 6.28. The molecule has 5 heteroatoms. The molecule has 1 atom stereocenters. The van der Waals surface area contributed by atoms with Gasteiger partial charge >= 0.3 is 0 Å². The predicted octanol–water partition coefficient (Wildman–Crippen LogP) is 2.23. The van der Waals surface area contributed by atoms with Crippen molar-refractivity contribution < 1.29 is 9.21 Å². The monoisotopic (exact) mass is 294 g/mol.